The van der Waals surface area contributed by atoms with Gasteiger partial charge in [0, 0.05) is 46.9 Å². The van der Waals surface area contributed by atoms with Gasteiger partial charge in [-0.2, -0.15) is 4.31 Å². The van der Waals surface area contributed by atoms with Gasteiger partial charge in [-0.3, -0.25) is 0 Å². The van der Waals surface area contributed by atoms with E-state index in [-0.39, 0.29) is 17.5 Å². The maximum absolute atomic E-state index is 12.0. The second-order valence-corrected chi connectivity index (χ2v) is 8.72. The Hall–Kier alpha value is -0.860. The highest BCUT2D eigenvalue weighted by molar-refractivity contribution is 7.88. The van der Waals surface area contributed by atoms with Crippen LogP contribution >= 0.6 is 0 Å². The van der Waals surface area contributed by atoms with Crippen LogP contribution in [0.25, 0.3) is 0 Å². The fraction of sp³-hybridized carbons (Fsp3) is 0.929. The zero-order valence-corrected chi connectivity index (χ0v) is 14.7. The molecule has 2 heterocycles. The number of sulfonamides is 1. The van der Waals surface area contributed by atoms with Crippen LogP contribution in [-0.4, -0.2) is 88.3 Å². The molecule has 2 rings (SSSR count). The van der Waals surface area contributed by atoms with Gasteiger partial charge in [0.15, 0.2) is 0 Å². The van der Waals surface area contributed by atoms with Crippen molar-refractivity contribution in [2.75, 3.05) is 53.7 Å². The maximum atomic E-state index is 12.0. The lowest BCUT2D eigenvalue weighted by Gasteiger charge is -2.40. The number of piperidine rings is 1. The predicted molar refractivity (Wildman–Crippen MR) is 84.2 cm³/mol. The first-order valence-electron chi connectivity index (χ1n) is 7.60. The molecule has 1 unspecified atom stereocenters. The highest BCUT2D eigenvalue weighted by Gasteiger charge is 2.48. The lowest BCUT2D eigenvalue weighted by Crippen LogP contribution is -2.47. The summed E-state index contributed by atoms with van der Waals surface area (Å²) in [6.45, 7) is 2.35. The van der Waals surface area contributed by atoms with E-state index in [1.54, 1.807) is 30.4 Å². The average Bonchev–Trinajstić information content (AvgIpc) is 2.78. The number of urea groups is 1. The summed E-state index contributed by atoms with van der Waals surface area (Å²) in [5, 5.41) is 0. The van der Waals surface area contributed by atoms with Crippen LogP contribution in [0.15, 0.2) is 0 Å². The Morgan fingerprint density at radius 2 is 1.91 bits per heavy atom. The Balaban J connectivity index is 2.06. The fourth-order valence-corrected chi connectivity index (χ4v) is 4.85. The van der Waals surface area contributed by atoms with Gasteiger partial charge in [0.2, 0.25) is 10.0 Å². The van der Waals surface area contributed by atoms with E-state index in [2.05, 4.69) is 0 Å². The third-order valence-electron chi connectivity index (χ3n) is 4.83. The molecule has 0 aliphatic carbocycles. The van der Waals surface area contributed by atoms with Crippen LogP contribution in [0.4, 0.5) is 4.79 Å². The summed E-state index contributed by atoms with van der Waals surface area (Å²) < 4.78 is 30.8. The number of carbonyl (C=O) groups is 1. The van der Waals surface area contributed by atoms with Crippen molar-refractivity contribution in [3.63, 3.8) is 0 Å². The highest BCUT2D eigenvalue weighted by atomic mass is 32.2. The number of hydrogen-bond acceptors (Lipinski definition) is 4. The minimum Gasteiger partial charge on any atom is -0.383 e. The zero-order valence-electron chi connectivity index (χ0n) is 13.9. The maximum Gasteiger partial charge on any atom is 0.319 e. The lowest BCUT2D eigenvalue weighted by molar-refractivity contribution is 0.108. The first-order chi connectivity index (χ1) is 10.2. The van der Waals surface area contributed by atoms with Crippen LogP contribution in [0.1, 0.15) is 19.3 Å². The van der Waals surface area contributed by atoms with Crippen molar-refractivity contribution in [3.05, 3.63) is 0 Å². The molecule has 0 aromatic heterocycles. The van der Waals surface area contributed by atoms with Gasteiger partial charge in [0.25, 0.3) is 0 Å². The quantitative estimate of drug-likeness (QED) is 0.751. The first kappa shape index (κ1) is 17.5. The predicted octanol–water partition coefficient (Wildman–Crippen LogP) is 0.431. The van der Waals surface area contributed by atoms with Crippen LogP contribution in [0, 0.1) is 5.41 Å². The van der Waals surface area contributed by atoms with Gasteiger partial charge in [-0.05, 0) is 24.7 Å². The minimum absolute atomic E-state index is 0.0185. The number of ether oxygens (including phenoxy) is 1. The van der Waals surface area contributed by atoms with E-state index < -0.39 is 10.0 Å². The second kappa shape index (κ2) is 6.33. The number of methoxy groups -OCH3 is 1. The van der Waals surface area contributed by atoms with E-state index in [4.69, 9.17) is 4.74 Å². The third-order valence-corrected chi connectivity index (χ3v) is 6.11. The summed E-state index contributed by atoms with van der Waals surface area (Å²) >= 11 is 0. The summed E-state index contributed by atoms with van der Waals surface area (Å²) in [5.41, 5.74) is -0.0185. The van der Waals surface area contributed by atoms with Crippen molar-refractivity contribution in [1.29, 1.82) is 0 Å². The minimum atomic E-state index is -3.23. The van der Waals surface area contributed by atoms with Crippen LogP contribution in [-0.2, 0) is 14.8 Å². The molecule has 8 heteroatoms. The number of carbonyl (C=O) groups excluding carboxylic acids is 1. The van der Waals surface area contributed by atoms with Gasteiger partial charge in [-0.25, -0.2) is 13.2 Å². The molecule has 128 valence electrons. The molecule has 0 aromatic rings. The Bertz CT molecular complexity index is 512. The summed E-state index contributed by atoms with van der Waals surface area (Å²) in [7, 11) is 1.88. The Kier molecular flexibility index (Phi) is 5.03. The summed E-state index contributed by atoms with van der Waals surface area (Å²) in [4.78, 5) is 15.5. The molecule has 7 nitrogen and oxygen atoms in total. The van der Waals surface area contributed by atoms with E-state index in [1.807, 2.05) is 4.90 Å². The van der Waals surface area contributed by atoms with Gasteiger partial charge >= 0.3 is 6.03 Å². The molecule has 2 fully saturated rings. The Labute approximate surface area is 133 Å². The molecule has 0 bridgehead atoms. The number of rotatable bonds is 3. The molecule has 22 heavy (non-hydrogen) atoms. The van der Waals surface area contributed by atoms with Crippen LogP contribution in [0.2, 0.25) is 0 Å². The topological polar surface area (TPSA) is 70.2 Å². The summed E-state index contributed by atoms with van der Waals surface area (Å²) in [6, 6.07) is -0.0580. The molecule has 1 atom stereocenters. The van der Waals surface area contributed by atoms with Crippen LogP contribution < -0.4 is 0 Å². The smallest absolute Gasteiger partial charge is 0.319 e. The zero-order chi connectivity index (χ0) is 16.5. The number of nitrogens with zero attached hydrogens (tertiary/aromatic N) is 3. The van der Waals surface area contributed by atoms with Gasteiger partial charge in [-0.15, -0.1) is 0 Å². The largest absolute Gasteiger partial charge is 0.383 e. The molecule has 2 saturated heterocycles. The molecule has 1 spiro atoms. The third kappa shape index (κ3) is 3.55. The van der Waals surface area contributed by atoms with Gasteiger partial charge in [0.05, 0.1) is 12.9 Å². The summed E-state index contributed by atoms with van der Waals surface area (Å²) in [5.74, 6) is 0. The number of likely N-dealkylation sites (tertiary alicyclic amines) is 1. The van der Waals surface area contributed by atoms with Crippen molar-refractivity contribution in [2.45, 2.75) is 25.3 Å². The normalized spacial score (nSPS) is 25.6. The van der Waals surface area contributed by atoms with Crippen molar-refractivity contribution in [3.8, 4) is 0 Å². The van der Waals surface area contributed by atoms with Crippen molar-refractivity contribution in [2.24, 2.45) is 5.41 Å². The standard InChI is InChI=1S/C14H27N3O4S/c1-15(2)13(18)16-7-5-14(6-8-16)9-12(10-21-3)17(11-14)22(4,19)20/h12H,5-11H2,1-4H3. The van der Waals surface area contributed by atoms with Crippen molar-refractivity contribution >= 4 is 16.1 Å². The molecule has 2 aliphatic heterocycles. The molecule has 2 amide bonds. The lowest BCUT2D eigenvalue weighted by atomic mass is 9.77. The van der Waals surface area contributed by atoms with Crippen LogP contribution in [0.3, 0.4) is 0 Å². The van der Waals surface area contributed by atoms with E-state index in [0.717, 1.165) is 19.3 Å². The second-order valence-electron chi connectivity index (χ2n) is 6.79. The molecule has 0 radical (unpaired) electrons. The fourth-order valence-electron chi connectivity index (χ4n) is 3.67. The SMILES string of the molecule is COCC1CC2(CCN(C(=O)N(C)C)CC2)CN1S(C)(=O)=O. The van der Waals surface area contributed by atoms with Gasteiger partial charge in [-0.1, -0.05) is 0 Å². The van der Waals surface area contributed by atoms with Crippen molar-refractivity contribution < 1.29 is 17.9 Å². The molecule has 0 N–H and O–H groups in total. The van der Waals surface area contributed by atoms with E-state index >= 15 is 0 Å². The van der Waals surface area contributed by atoms with E-state index in [0.29, 0.717) is 26.2 Å². The Morgan fingerprint density at radius 3 is 2.36 bits per heavy atom. The highest BCUT2D eigenvalue weighted by Crippen LogP contribution is 2.44. The molecule has 2 aliphatic rings. The molecule has 0 saturated carbocycles. The monoisotopic (exact) mass is 333 g/mol. The first-order valence-corrected chi connectivity index (χ1v) is 9.45. The van der Waals surface area contributed by atoms with Crippen LogP contribution in [0.5, 0.6) is 0 Å². The number of hydrogen-bond donors (Lipinski definition) is 0. The molecule has 0 aromatic carbocycles. The van der Waals surface area contributed by atoms with E-state index in [9.17, 15) is 13.2 Å². The number of amides is 2. The Morgan fingerprint density at radius 1 is 1.32 bits per heavy atom. The van der Waals surface area contributed by atoms with Crippen molar-refractivity contribution in [1.82, 2.24) is 14.1 Å². The van der Waals surface area contributed by atoms with Gasteiger partial charge < -0.3 is 14.5 Å². The van der Waals surface area contributed by atoms with E-state index in [1.165, 1.54) is 6.26 Å². The summed E-state index contributed by atoms with van der Waals surface area (Å²) in [6.07, 6.45) is 3.77. The molecular weight excluding hydrogens is 306 g/mol. The molecular formula is C14H27N3O4S. The van der Waals surface area contributed by atoms with Gasteiger partial charge in [0.1, 0.15) is 0 Å². The average molecular weight is 333 g/mol.